The molecule has 0 fully saturated rings. The van der Waals surface area contributed by atoms with Crippen LogP contribution in [0.3, 0.4) is 0 Å². The lowest BCUT2D eigenvalue weighted by Gasteiger charge is -2.20. The molecular weight excluding hydrogens is 485 g/mol. The van der Waals surface area contributed by atoms with Gasteiger partial charge < -0.3 is 15.2 Å². The Hall–Kier alpha value is -3.94. The lowest BCUT2D eigenvalue weighted by Crippen LogP contribution is -2.27. The summed E-state index contributed by atoms with van der Waals surface area (Å²) in [7, 11) is -0.491. The molecular formula is C21H21F3N8O2S. The number of rotatable bonds is 7. The maximum atomic E-state index is 13.6. The average Bonchev–Trinajstić information content (AvgIpc) is 3.16. The van der Waals surface area contributed by atoms with E-state index in [1.165, 1.54) is 13.2 Å². The van der Waals surface area contributed by atoms with E-state index < -0.39 is 27.6 Å². The van der Waals surface area contributed by atoms with Crippen molar-refractivity contribution >= 4 is 44.3 Å². The number of sulfonamides is 1. The first-order chi connectivity index (χ1) is 16.4. The number of imidazole rings is 1. The van der Waals surface area contributed by atoms with Crippen molar-refractivity contribution in [3.63, 3.8) is 0 Å². The van der Waals surface area contributed by atoms with Crippen molar-refractivity contribution < 1.29 is 21.6 Å². The van der Waals surface area contributed by atoms with Gasteiger partial charge in [0.25, 0.3) is 0 Å². The summed E-state index contributed by atoms with van der Waals surface area (Å²) in [4.78, 5) is 16.1. The van der Waals surface area contributed by atoms with Gasteiger partial charge >= 0.3 is 6.18 Å². The highest BCUT2D eigenvalue weighted by molar-refractivity contribution is 7.92. The van der Waals surface area contributed by atoms with Crippen LogP contribution < -0.4 is 14.9 Å². The Morgan fingerprint density at radius 2 is 1.91 bits per heavy atom. The van der Waals surface area contributed by atoms with Gasteiger partial charge in [-0.05, 0) is 24.3 Å². The number of alkyl halides is 3. The van der Waals surface area contributed by atoms with Crippen LogP contribution in [0.15, 0.2) is 49.1 Å². The standard InChI is InChI=1S/C21H21F3N8O2S/c1-31-12-28-16-7-6-14(9-17(16)31)29-20-27-11-15(21(22,23)24)18(30-20)26-10-13-5-4-8-25-19(13)32(2)35(3,33)34/h4-9,11-12H,10H2,1-3H3,(H2,26,27,29,30). The normalized spacial score (nSPS) is 12.1. The molecule has 0 saturated heterocycles. The molecule has 1 aromatic carbocycles. The molecule has 3 aromatic heterocycles. The lowest BCUT2D eigenvalue weighted by atomic mass is 10.2. The van der Waals surface area contributed by atoms with Crippen LogP contribution in [0.2, 0.25) is 0 Å². The minimum Gasteiger partial charge on any atom is -0.365 e. The molecule has 3 heterocycles. The largest absolute Gasteiger partial charge is 0.421 e. The second-order valence-corrected chi connectivity index (χ2v) is 9.72. The van der Waals surface area contributed by atoms with Crippen LogP contribution in [0.1, 0.15) is 11.1 Å². The van der Waals surface area contributed by atoms with Crippen molar-refractivity contribution in [3.05, 3.63) is 60.2 Å². The first-order valence-electron chi connectivity index (χ1n) is 10.2. The Balaban J connectivity index is 1.64. The summed E-state index contributed by atoms with van der Waals surface area (Å²) < 4.78 is 67.5. The zero-order valence-electron chi connectivity index (χ0n) is 18.9. The third-order valence-corrected chi connectivity index (χ3v) is 6.35. The van der Waals surface area contributed by atoms with Gasteiger partial charge in [-0.3, -0.25) is 4.31 Å². The maximum Gasteiger partial charge on any atom is 0.421 e. The second-order valence-electron chi connectivity index (χ2n) is 7.71. The number of nitrogens with one attached hydrogen (secondary N) is 2. The highest BCUT2D eigenvalue weighted by Crippen LogP contribution is 2.34. The summed E-state index contributed by atoms with van der Waals surface area (Å²) in [5.74, 6) is -0.428. The fraction of sp³-hybridized carbons (Fsp3) is 0.238. The molecule has 184 valence electrons. The number of aromatic nitrogens is 5. The molecule has 35 heavy (non-hydrogen) atoms. The molecule has 0 saturated carbocycles. The van der Waals surface area contributed by atoms with Crippen LogP contribution in [0.4, 0.5) is 36.4 Å². The Bertz CT molecular complexity index is 1490. The average molecular weight is 507 g/mol. The van der Waals surface area contributed by atoms with Crippen molar-refractivity contribution in [1.29, 1.82) is 0 Å². The molecule has 10 nitrogen and oxygen atoms in total. The maximum absolute atomic E-state index is 13.6. The minimum absolute atomic E-state index is 0.0540. The number of hydrogen-bond donors (Lipinski definition) is 2. The molecule has 0 unspecified atom stereocenters. The Labute approximate surface area is 198 Å². The van der Waals surface area contributed by atoms with Crippen molar-refractivity contribution in [2.24, 2.45) is 7.05 Å². The lowest BCUT2D eigenvalue weighted by molar-refractivity contribution is -0.137. The smallest absolute Gasteiger partial charge is 0.365 e. The van der Waals surface area contributed by atoms with Crippen molar-refractivity contribution in [1.82, 2.24) is 24.5 Å². The number of pyridine rings is 1. The number of hydrogen-bond acceptors (Lipinski definition) is 8. The van der Waals surface area contributed by atoms with Gasteiger partial charge in [-0.2, -0.15) is 18.2 Å². The number of anilines is 4. The van der Waals surface area contributed by atoms with Crippen LogP contribution in [0.25, 0.3) is 11.0 Å². The Kier molecular flexibility index (Phi) is 6.23. The van der Waals surface area contributed by atoms with Crippen LogP contribution in [0.5, 0.6) is 0 Å². The summed E-state index contributed by atoms with van der Waals surface area (Å²) >= 11 is 0. The fourth-order valence-corrected chi connectivity index (χ4v) is 3.78. The summed E-state index contributed by atoms with van der Waals surface area (Å²) in [5, 5.41) is 5.57. The topological polar surface area (TPSA) is 118 Å². The molecule has 2 N–H and O–H groups in total. The van der Waals surface area contributed by atoms with E-state index in [0.29, 0.717) is 17.4 Å². The van der Waals surface area contributed by atoms with Gasteiger partial charge in [0, 0.05) is 44.3 Å². The summed E-state index contributed by atoms with van der Waals surface area (Å²) in [6.45, 7) is -0.163. The van der Waals surface area contributed by atoms with E-state index in [0.717, 1.165) is 21.6 Å². The van der Waals surface area contributed by atoms with Gasteiger partial charge in [0.2, 0.25) is 16.0 Å². The van der Waals surface area contributed by atoms with Gasteiger partial charge in [0.1, 0.15) is 17.2 Å². The zero-order chi connectivity index (χ0) is 25.4. The van der Waals surface area contributed by atoms with E-state index in [9.17, 15) is 21.6 Å². The van der Waals surface area contributed by atoms with E-state index in [-0.39, 0.29) is 18.3 Å². The molecule has 0 amide bonds. The Morgan fingerprint density at radius 1 is 1.14 bits per heavy atom. The predicted octanol–water partition coefficient (Wildman–Crippen LogP) is 3.53. The molecule has 0 atom stereocenters. The van der Waals surface area contributed by atoms with Crippen molar-refractivity contribution in [2.75, 3.05) is 28.2 Å². The molecule has 0 bridgehead atoms. The molecule has 0 aliphatic rings. The molecule has 0 aliphatic carbocycles. The van der Waals surface area contributed by atoms with E-state index in [2.05, 4.69) is 30.6 Å². The first-order valence-corrected chi connectivity index (χ1v) is 12.0. The third kappa shape index (κ3) is 5.26. The van der Waals surface area contributed by atoms with E-state index in [1.54, 1.807) is 41.2 Å². The van der Waals surface area contributed by atoms with Crippen molar-refractivity contribution in [2.45, 2.75) is 12.7 Å². The zero-order valence-corrected chi connectivity index (χ0v) is 19.7. The summed E-state index contributed by atoms with van der Waals surface area (Å²) in [5.41, 5.74) is 1.45. The summed E-state index contributed by atoms with van der Waals surface area (Å²) in [6.07, 6.45) is 0.0289. The van der Waals surface area contributed by atoms with Gasteiger partial charge in [-0.25, -0.2) is 23.4 Å². The Morgan fingerprint density at radius 3 is 2.63 bits per heavy atom. The summed E-state index contributed by atoms with van der Waals surface area (Å²) in [6, 6.07) is 8.38. The third-order valence-electron chi connectivity index (χ3n) is 5.19. The minimum atomic E-state index is -4.71. The van der Waals surface area contributed by atoms with Crippen LogP contribution in [-0.2, 0) is 29.8 Å². The quantitative estimate of drug-likeness (QED) is 0.391. The van der Waals surface area contributed by atoms with Crippen LogP contribution >= 0.6 is 0 Å². The first kappa shape index (κ1) is 24.2. The molecule has 4 rings (SSSR count). The van der Waals surface area contributed by atoms with Crippen LogP contribution in [-0.4, -0.2) is 46.2 Å². The predicted molar refractivity (Wildman–Crippen MR) is 126 cm³/mol. The SMILES string of the molecule is CN(c1ncccc1CNc1nc(Nc2ccc3ncn(C)c3c2)ncc1C(F)(F)F)S(C)(=O)=O. The number of fused-ring (bicyclic) bond motifs is 1. The number of aryl methyl sites for hydroxylation is 1. The highest BCUT2D eigenvalue weighted by Gasteiger charge is 2.35. The van der Waals surface area contributed by atoms with Crippen molar-refractivity contribution in [3.8, 4) is 0 Å². The van der Waals surface area contributed by atoms with Gasteiger partial charge in [0.05, 0.1) is 23.6 Å². The molecule has 0 aliphatic heterocycles. The molecule has 0 spiro atoms. The van der Waals surface area contributed by atoms with E-state index >= 15 is 0 Å². The van der Waals surface area contributed by atoms with E-state index in [4.69, 9.17) is 0 Å². The monoisotopic (exact) mass is 506 g/mol. The number of nitrogens with zero attached hydrogens (tertiary/aromatic N) is 6. The molecule has 14 heteroatoms. The second kappa shape index (κ2) is 9.02. The van der Waals surface area contributed by atoms with E-state index in [1.807, 2.05) is 7.05 Å². The molecule has 0 radical (unpaired) electrons. The highest BCUT2D eigenvalue weighted by atomic mass is 32.2. The van der Waals surface area contributed by atoms with Gasteiger partial charge in [-0.15, -0.1) is 0 Å². The number of benzene rings is 1. The molecule has 4 aromatic rings. The number of halogens is 3. The van der Waals surface area contributed by atoms with Crippen LogP contribution in [0, 0.1) is 0 Å². The fourth-order valence-electron chi connectivity index (χ4n) is 3.31. The van der Waals surface area contributed by atoms with Gasteiger partial charge in [-0.1, -0.05) is 6.07 Å². The van der Waals surface area contributed by atoms with Gasteiger partial charge in [0.15, 0.2) is 0 Å².